The summed E-state index contributed by atoms with van der Waals surface area (Å²) in [6, 6.07) is 0. The van der Waals surface area contributed by atoms with Crippen molar-refractivity contribution < 1.29 is 5.11 Å². The van der Waals surface area contributed by atoms with E-state index >= 15 is 0 Å². The number of nitrogens with zero attached hydrogens (tertiary/aromatic N) is 1. The summed E-state index contributed by atoms with van der Waals surface area (Å²) in [5.41, 5.74) is 8.06. The number of aliphatic imine (C=N–C) groups is 1. The van der Waals surface area contributed by atoms with Crippen LogP contribution in [0.25, 0.3) is 0 Å². The van der Waals surface area contributed by atoms with E-state index in [-0.39, 0.29) is 0 Å². The maximum Gasteiger partial charge on any atom is 0.149 e. The molecular weight excluding hydrogens is 164 g/mol. The summed E-state index contributed by atoms with van der Waals surface area (Å²) in [5, 5.41) is 9.34. The Hall–Kier alpha value is -1.35. The molecule has 0 aromatic carbocycles. The molecule has 3 nitrogen and oxygen atoms in total. The van der Waals surface area contributed by atoms with Crippen molar-refractivity contribution in [2.45, 2.75) is 19.6 Å². The second-order valence-corrected chi connectivity index (χ2v) is 2.96. The van der Waals surface area contributed by atoms with Gasteiger partial charge in [-0.2, -0.15) is 0 Å². The molecule has 0 spiro atoms. The number of aliphatic hydroxyl groups excluding tert-OH is 1. The van der Waals surface area contributed by atoms with E-state index in [4.69, 9.17) is 5.73 Å². The molecule has 3 heteroatoms. The molecule has 3 N–H and O–H groups in total. The van der Waals surface area contributed by atoms with Crippen LogP contribution < -0.4 is 5.73 Å². The zero-order chi connectivity index (χ0) is 9.84. The minimum absolute atomic E-state index is 0.566. The van der Waals surface area contributed by atoms with E-state index in [9.17, 15) is 5.11 Å². The van der Waals surface area contributed by atoms with Gasteiger partial charge in [-0.15, -0.1) is 0 Å². The summed E-state index contributed by atoms with van der Waals surface area (Å²) >= 11 is 0. The maximum absolute atomic E-state index is 9.34. The molecule has 1 heterocycles. The van der Waals surface area contributed by atoms with Gasteiger partial charge < -0.3 is 10.8 Å². The highest BCUT2D eigenvalue weighted by Crippen LogP contribution is 2.20. The Labute approximate surface area is 78.0 Å². The molecule has 0 saturated heterocycles. The second kappa shape index (κ2) is 4.05. The minimum atomic E-state index is -0.636. The van der Waals surface area contributed by atoms with E-state index in [2.05, 4.69) is 11.6 Å². The molecule has 13 heavy (non-hydrogen) atoms. The van der Waals surface area contributed by atoms with Crippen LogP contribution in [0.2, 0.25) is 0 Å². The molecular formula is C10H14N2O. The third-order valence-corrected chi connectivity index (χ3v) is 1.97. The third-order valence-electron chi connectivity index (χ3n) is 1.97. The highest BCUT2D eigenvalue weighted by atomic mass is 16.3. The summed E-state index contributed by atoms with van der Waals surface area (Å²) in [7, 11) is 0. The number of dihydropyridines is 1. The molecule has 0 aromatic heterocycles. The molecule has 1 aliphatic rings. The Balaban J connectivity index is 3.07. The molecule has 0 aliphatic carbocycles. The Morgan fingerprint density at radius 2 is 2.38 bits per heavy atom. The lowest BCUT2D eigenvalue weighted by Gasteiger charge is -2.17. The Morgan fingerprint density at radius 1 is 1.69 bits per heavy atom. The summed E-state index contributed by atoms with van der Waals surface area (Å²) in [6.07, 6.45) is 4.80. The lowest BCUT2D eigenvalue weighted by Crippen LogP contribution is -2.16. The van der Waals surface area contributed by atoms with E-state index in [1.54, 1.807) is 12.2 Å². The van der Waals surface area contributed by atoms with Crippen molar-refractivity contribution in [2.24, 2.45) is 10.7 Å². The molecule has 70 valence electrons. The van der Waals surface area contributed by atoms with Crippen molar-refractivity contribution in [2.75, 3.05) is 0 Å². The Kier molecular flexibility index (Phi) is 3.03. The van der Waals surface area contributed by atoms with Gasteiger partial charge in [-0.05, 0) is 25.3 Å². The van der Waals surface area contributed by atoms with Gasteiger partial charge in [0.15, 0.2) is 0 Å². The minimum Gasteiger partial charge on any atom is -0.405 e. The standard InChI is InChI=1S/C10H14N2O/c1-3-9-8(4-5-11)7(2)6-10(13)12-9/h3-5,10,13H,1,6,11H2,2H3/b5-4+. The maximum atomic E-state index is 9.34. The SMILES string of the molecule is C=CC1=NC(O)CC(C)=C1/C=C/N. The molecule has 1 rings (SSSR count). The highest BCUT2D eigenvalue weighted by molar-refractivity contribution is 6.11. The predicted molar refractivity (Wildman–Crippen MR) is 54.3 cm³/mol. The molecule has 1 unspecified atom stereocenters. The summed E-state index contributed by atoms with van der Waals surface area (Å²) in [5.74, 6) is 0. The molecule has 0 aromatic rings. The van der Waals surface area contributed by atoms with Gasteiger partial charge in [0.2, 0.25) is 0 Å². The van der Waals surface area contributed by atoms with Crippen LogP contribution in [0.4, 0.5) is 0 Å². The Bertz CT molecular complexity index is 300. The van der Waals surface area contributed by atoms with Crippen molar-refractivity contribution >= 4 is 5.71 Å². The zero-order valence-electron chi connectivity index (χ0n) is 7.70. The molecule has 0 radical (unpaired) electrons. The van der Waals surface area contributed by atoms with E-state index in [1.165, 1.54) is 6.20 Å². The fraction of sp³-hybridized carbons (Fsp3) is 0.300. The average Bonchev–Trinajstić information content (AvgIpc) is 2.09. The smallest absolute Gasteiger partial charge is 0.149 e. The zero-order valence-corrected chi connectivity index (χ0v) is 7.70. The molecule has 1 atom stereocenters. The summed E-state index contributed by atoms with van der Waals surface area (Å²) in [6.45, 7) is 5.59. The molecule has 0 bridgehead atoms. The number of hydrogen-bond acceptors (Lipinski definition) is 3. The molecule has 0 saturated carbocycles. The number of allylic oxidation sites excluding steroid dienone is 3. The normalized spacial score (nSPS) is 23.5. The fourth-order valence-electron chi connectivity index (χ4n) is 1.36. The Morgan fingerprint density at radius 3 is 2.92 bits per heavy atom. The number of nitrogens with two attached hydrogens (primary N) is 1. The van der Waals surface area contributed by atoms with Gasteiger partial charge in [-0.1, -0.05) is 12.2 Å². The van der Waals surface area contributed by atoms with E-state index in [0.717, 1.165) is 11.1 Å². The van der Waals surface area contributed by atoms with Gasteiger partial charge >= 0.3 is 0 Å². The molecule has 1 aliphatic heterocycles. The number of hydrogen-bond donors (Lipinski definition) is 2. The van der Waals surface area contributed by atoms with Crippen LogP contribution in [-0.4, -0.2) is 17.0 Å². The molecule has 0 amide bonds. The first-order chi connectivity index (χ1) is 6.19. The molecule has 0 fully saturated rings. The lowest BCUT2D eigenvalue weighted by molar-refractivity contribution is 0.183. The van der Waals surface area contributed by atoms with Crippen molar-refractivity contribution in [3.8, 4) is 0 Å². The van der Waals surface area contributed by atoms with Crippen molar-refractivity contribution in [1.82, 2.24) is 0 Å². The second-order valence-electron chi connectivity index (χ2n) is 2.96. The number of aliphatic hydroxyl groups is 1. The predicted octanol–water partition coefficient (Wildman–Crippen LogP) is 1.12. The highest BCUT2D eigenvalue weighted by Gasteiger charge is 2.15. The van der Waals surface area contributed by atoms with Crippen LogP contribution in [0.3, 0.4) is 0 Å². The van der Waals surface area contributed by atoms with E-state index < -0.39 is 6.23 Å². The van der Waals surface area contributed by atoms with Gasteiger partial charge in [0.1, 0.15) is 6.23 Å². The monoisotopic (exact) mass is 178 g/mol. The summed E-state index contributed by atoms with van der Waals surface area (Å²) in [4.78, 5) is 4.04. The average molecular weight is 178 g/mol. The van der Waals surface area contributed by atoms with Crippen LogP contribution in [0, 0.1) is 0 Å². The van der Waals surface area contributed by atoms with Crippen LogP contribution in [0.1, 0.15) is 13.3 Å². The van der Waals surface area contributed by atoms with Gasteiger partial charge in [-0.25, -0.2) is 0 Å². The van der Waals surface area contributed by atoms with Gasteiger partial charge in [0.05, 0.1) is 5.71 Å². The van der Waals surface area contributed by atoms with Crippen LogP contribution >= 0.6 is 0 Å². The lowest BCUT2D eigenvalue weighted by atomic mass is 9.98. The first kappa shape index (κ1) is 9.74. The van der Waals surface area contributed by atoms with Crippen LogP contribution in [0.15, 0.2) is 41.1 Å². The fourth-order valence-corrected chi connectivity index (χ4v) is 1.36. The topological polar surface area (TPSA) is 58.6 Å². The van der Waals surface area contributed by atoms with Gasteiger partial charge in [0, 0.05) is 12.0 Å². The van der Waals surface area contributed by atoms with Crippen molar-refractivity contribution in [3.05, 3.63) is 36.1 Å². The van der Waals surface area contributed by atoms with Crippen molar-refractivity contribution in [1.29, 1.82) is 0 Å². The van der Waals surface area contributed by atoms with E-state index in [0.29, 0.717) is 12.1 Å². The number of rotatable bonds is 2. The summed E-state index contributed by atoms with van der Waals surface area (Å²) < 4.78 is 0. The first-order valence-corrected chi connectivity index (χ1v) is 4.15. The van der Waals surface area contributed by atoms with Crippen LogP contribution in [0.5, 0.6) is 0 Å². The quantitative estimate of drug-likeness (QED) is 0.665. The van der Waals surface area contributed by atoms with Gasteiger partial charge in [-0.3, -0.25) is 4.99 Å². The van der Waals surface area contributed by atoms with Gasteiger partial charge in [0.25, 0.3) is 0 Å². The van der Waals surface area contributed by atoms with Crippen LogP contribution in [-0.2, 0) is 0 Å². The largest absolute Gasteiger partial charge is 0.405 e. The van der Waals surface area contributed by atoms with E-state index in [1.807, 2.05) is 6.92 Å². The first-order valence-electron chi connectivity index (χ1n) is 4.15. The third kappa shape index (κ3) is 2.06. The van der Waals surface area contributed by atoms with Crippen molar-refractivity contribution in [3.63, 3.8) is 0 Å².